The van der Waals surface area contributed by atoms with Gasteiger partial charge in [0.1, 0.15) is 0 Å². The Balaban J connectivity index is 1.62. The Bertz CT molecular complexity index is 642. The summed E-state index contributed by atoms with van der Waals surface area (Å²) in [5, 5.41) is 5.40. The molecule has 0 saturated heterocycles. The average Bonchev–Trinajstić information content (AvgIpc) is 2.59. The molecule has 23 heavy (non-hydrogen) atoms. The molecule has 0 atom stereocenters. The predicted molar refractivity (Wildman–Crippen MR) is 93.7 cm³/mol. The first-order chi connectivity index (χ1) is 11.1. The Morgan fingerprint density at radius 2 is 1.65 bits per heavy atom. The molecule has 2 rings (SSSR count). The summed E-state index contributed by atoms with van der Waals surface area (Å²) in [6.45, 7) is 2.61. The van der Waals surface area contributed by atoms with E-state index in [2.05, 4.69) is 41.8 Å². The van der Waals surface area contributed by atoms with E-state index in [0.29, 0.717) is 12.1 Å². The molecule has 0 aliphatic rings. The smallest absolute Gasteiger partial charge is 0.251 e. The molecule has 0 heterocycles. The fraction of sp³-hybridized carbons (Fsp3) is 0.222. The third-order valence-corrected chi connectivity index (χ3v) is 4.17. The average molecular weight is 328 g/mol. The van der Waals surface area contributed by atoms with Crippen LogP contribution in [0.2, 0.25) is 0 Å². The topological polar surface area (TPSA) is 58.2 Å². The SMILES string of the molecule is Cc1ccc(SCCNC(=O)CNC(=O)c2ccccc2)cc1. The highest BCUT2D eigenvalue weighted by Crippen LogP contribution is 2.17. The van der Waals surface area contributed by atoms with Crippen LogP contribution < -0.4 is 10.6 Å². The van der Waals surface area contributed by atoms with E-state index in [1.807, 2.05) is 6.07 Å². The molecular weight excluding hydrogens is 308 g/mol. The van der Waals surface area contributed by atoms with Crippen LogP contribution in [0.25, 0.3) is 0 Å². The summed E-state index contributed by atoms with van der Waals surface area (Å²) < 4.78 is 0. The van der Waals surface area contributed by atoms with Crippen molar-refractivity contribution < 1.29 is 9.59 Å². The van der Waals surface area contributed by atoms with Crippen molar-refractivity contribution in [1.29, 1.82) is 0 Å². The van der Waals surface area contributed by atoms with Crippen molar-refractivity contribution in [2.45, 2.75) is 11.8 Å². The molecule has 4 nitrogen and oxygen atoms in total. The van der Waals surface area contributed by atoms with E-state index in [1.165, 1.54) is 10.5 Å². The number of hydrogen-bond acceptors (Lipinski definition) is 3. The summed E-state index contributed by atoms with van der Waals surface area (Å²) in [4.78, 5) is 24.7. The Kier molecular flexibility index (Phi) is 6.69. The summed E-state index contributed by atoms with van der Waals surface area (Å²) in [6.07, 6.45) is 0. The highest BCUT2D eigenvalue weighted by molar-refractivity contribution is 7.99. The maximum atomic E-state index is 11.8. The van der Waals surface area contributed by atoms with Crippen LogP contribution in [0.4, 0.5) is 0 Å². The highest BCUT2D eigenvalue weighted by Gasteiger charge is 2.06. The molecule has 0 radical (unpaired) electrons. The molecular formula is C18H20N2O2S. The van der Waals surface area contributed by atoms with Gasteiger partial charge in [0.15, 0.2) is 0 Å². The van der Waals surface area contributed by atoms with Gasteiger partial charge in [0.05, 0.1) is 6.54 Å². The lowest BCUT2D eigenvalue weighted by molar-refractivity contribution is -0.120. The molecule has 0 aliphatic carbocycles. The second-order valence-corrected chi connectivity index (χ2v) is 6.23. The zero-order chi connectivity index (χ0) is 16.5. The van der Waals surface area contributed by atoms with Gasteiger partial charge in [-0.05, 0) is 31.2 Å². The molecule has 2 aromatic rings. The first-order valence-corrected chi connectivity index (χ1v) is 8.43. The van der Waals surface area contributed by atoms with Crippen molar-refractivity contribution >= 4 is 23.6 Å². The van der Waals surface area contributed by atoms with Crippen LogP contribution >= 0.6 is 11.8 Å². The van der Waals surface area contributed by atoms with Crippen LogP contribution in [0, 0.1) is 6.92 Å². The third-order valence-electron chi connectivity index (χ3n) is 3.16. The van der Waals surface area contributed by atoms with Gasteiger partial charge in [-0.2, -0.15) is 0 Å². The molecule has 0 spiro atoms. The van der Waals surface area contributed by atoms with Gasteiger partial charge in [-0.25, -0.2) is 0 Å². The van der Waals surface area contributed by atoms with Gasteiger partial charge >= 0.3 is 0 Å². The van der Waals surface area contributed by atoms with E-state index >= 15 is 0 Å². The van der Waals surface area contributed by atoms with E-state index < -0.39 is 0 Å². The number of rotatable bonds is 7. The van der Waals surface area contributed by atoms with Crippen LogP contribution in [-0.4, -0.2) is 30.7 Å². The fourth-order valence-corrected chi connectivity index (χ4v) is 2.68. The first kappa shape index (κ1) is 17.1. The molecule has 2 amide bonds. The molecule has 120 valence electrons. The zero-order valence-electron chi connectivity index (χ0n) is 13.0. The van der Waals surface area contributed by atoms with Gasteiger partial charge in [-0.15, -0.1) is 11.8 Å². The van der Waals surface area contributed by atoms with E-state index in [-0.39, 0.29) is 18.4 Å². The Hall–Kier alpha value is -2.27. The normalized spacial score (nSPS) is 10.1. The quantitative estimate of drug-likeness (QED) is 0.607. The highest BCUT2D eigenvalue weighted by atomic mass is 32.2. The van der Waals surface area contributed by atoms with Crippen molar-refractivity contribution in [1.82, 2.24) is 10.6 Å². The molecule has 0 aliphatic heterocycles. The van der Waals surface area contributed by atoms with Crippen LogP contribution in [0.5, 0.6) is 0 Å². The minimum absolute atomic E-state index is 0.0110. The lowest BCUT2D eigenvalue weighted by Crippen LogP contribution is -2.37. The van der Waals surface area contributed by atoms with Crippen LogP contribution in [0.3, 0.4) is 0 Å². The van der Waals surface area contributed by atoms with Crippen LogP contribution in [0.15, 0.2) is 59.5 Å². The molecule has 0 aromatic heterocycles. The van der Waals surface area contributed by atoms with Crippen LogP contribution in [-0.2, 0) is 4.79 Å². The minimum Gasteiger partial charge on any atom is -0.354 e. The lowest BCUT2D eigenvalue weighted by atomic mass is 10.2. The van der Waals surface area contributed by atoms with Crippen molar-refractivity contribution in [3.63, 3.8) is 0 Å². The Labute approximate surface area is 140 Å². The van der Waals surface area contributed by atoms with Crippen molar-refractivity contribution in [3.8, 4) is 0 Å². The standard InChI is InChI=1S/C18H20N2O2S/c1-14-7-9-16(10-8-14)23-12-11-19-17(21)13-20-18(22)15-5-3-2-4-6-15/h2-10H,11-13H2,1H3,(H,19,21)(H,20,22). The number of thioether (sulfide) groups is 1. The summed E-state index contributed by atoms with van der Waals surface area (Å²) in [6, 6.07) is 17.1. The number of amides is 2. The van der Waals surface area contributed by atoms with E-state index in [0.717, 1.165) is 5.75 Å². The largest absolute Gasteiger partial charge is 0.354 e. The number of carbonyl (C=O) groups is 2. The third kappa shape index (κ3) is 6.16. The second kappa shape index (κ2) is 9.00. The van der Waals surface area contributed by atoms with Crippen LogP contribution in [0.1, 0.15) is 15.9 Å². The zero-order valence-corrected chi connectivity index (χ0v) is 13.9. The molecule has 0 unspecified atom stereocenters. The number of aryl methyl sites for hydroxylation is 1. The Morgan fingerprint density at radius 3 is 2.35 bits per heavy atom. The first-order valence-electron chi connectivity index (χ1n) is 7.44. The van der Waals surface area contributed by atoms with Gasteiger partial charge < -0.3 is 10.6 Å². The maximum Gasteiger partial charge on any atom is 0.251 e. The summed E-state index contributed by atoms with van der Waals surface area (Å²) in [5.74, 6) is 0.370. The van der Waals surface area contributed by atoms with Crippen molar-refractivity contribution in [2.75, 3.05) is 18.8 Å². The summed E-state index contributed by atoms with van der Waals surface area (Å²) in [7, 11) is 0. The second-order valence-electron chi connectivity index (χ2n) is 5.06. The van der Waals surface area contributed by atoms with E-state index in [1.54, 1.807) is 36.0 Å². The lowest BCUT2D eigenvalue weighted by Gasteiger charge is -2.07. The predicted octanol–water partition coefficient (Wildman–Crippen LogP) is 2.63. The molecule has 0 fully saturated rings. The number of nitrogens with one attached hydrogen (secondary N) is 2. The number of benzene rings is 2. The molecule has 0 bridgehead atoms. The monoisotopic (exact) mass is 328 g/mol. The van der Waals surface area contributed by atoms with E-state index in [9.17, 15) is 9.59 Å². The minimum atomic E-state index is -0.241. The summed E-state index contributed by atoms with van der Waals surface area (Å²) >= 11 is 1.69. The fourth-order valence-electron chi connectivity index (χ4n) is 1.91. The molecule has 5 heteroatoms. The van der Waals surface area contributed by atoms with E-state index in [4.69, 9.17) is 0 Å². The molecule has 2 aromatic carbocycles. The number of carbonyl (C=O) groups excluding carboxylic acids is 2. The summed E-state index contributed by atoms with van der Waals surface area (Å²) in [5.41, 5.74) is 1.78. The van der Waals surface area contributed by atoms with Gasteiger partial charge in [0.2, 0.25) is 5.91 Å². The number of hydrogen-bond donors (Lipinski definition) is 2. The van der Waals surface area contributed by atoms with Gasteiger partial charge in [0, 0.05) is 22.8 Å². The maximum absolute atomic E-state index is 11.8. The molecule has 2 N–H and O–H groups in total. The van der Waals surface area contributed by atoms with Crippen molar-refractivity contribution in [3.05, 3.63) is 65.7 Å². The van der Waals surface area contributed by atoms with Gasteiger partial charge in [-0.1, -0.05) is 35.9 Å². The van der Waals surface area contributed by atoms with Gasteiger partial charge in [-0.3, -0.25) is 9.59 Å². The van der Waals surface area contributed by atoms with Crippen molar-refractivity contribution in [2.24, 2.45) is 0 Å². The Morgan fingerprint density at radius 1 is 0.957 bits per heavy atom. The molecule has 0 saturated carbocycles. The van der Waals surface area contributed by atoms with Gasteiger partial charge in [0.25, 0.3) is 5.91 Å².